The van der Waals surface area contributed by atoms with E-state index in [1.54, 1.807) is 0 Å². The summed E-state index contributed by atoms with van der Waals surface area (Å²) in [4.78, 5) is 10.2. The molecule has 0 aromatic heterocycles. The van der Waals surface area contributed by atoms with Crippen molar-refractivity contribution >= 4 is 18.5 Å². The summed E-state index contributed by atoms with van der Waals surface area (Å²) in [5, 5.41) is 14.1. The molecule has 2 aliphatic rings. The van der Waals surface area contributed by atoms with Gasteiger partial charge in [-0.2, -0.15) is 0 Å². The molecule has 1 spiro atoms. The average molecular weight is 193 g/mol. The Hall–Kier alpha value is -0.480. The highest BCUT2D eigenvalue weighted by Crippen LogP contribution is 2.43. The van der Waals surface area contributed by atoms with E-state index in [1.807, 2.05) is 0 Å². The number of carboxylic acid groups (broad SMARTS) is 1. The first-order valence-electron chi connectivity index (χ1n) is 3.90. The van der Waals surface area contributed by atoms with Crippen LogP contribution in [0.3, 0.4) is 0 Å². The van der Waals surface area contributed by atoms with Crippen LogP contribution in [0.15, 0.2) is 0 Å². The van der Waals surface area contributed by atoms with E-state index < -0.39 is 6.09 Å². The first kappa shape index (κ1) is 9.61. The van der Waals surface area contributed by atoms with Gasteiger partial charge in [0.1, 0.15) is 0 Å². The van der Waals surface area contributed by atoms with E-state index in [0.29, 0.717) is 5.41 Å². The molecule has 5 heteroatoms. The predicted octanol–water partition coefficient (Wildman–Crippen LogP) is 0.428. The fraction of sp³-hybridized carbons (Fsp3) is 0.857. The maximum absolute atomic E-state index is 10.2. The highest BCUT2D eigenvalue weighted by Gasteiger charge is 2.48. The molecule has 2 fully saturated rings. The molecule has 0 unspecified atom stereocenters. The van der Waals surface area contributed by atoms with E-state index in [-0.39, 0.29) is 18.4 Å². The van der Waals surface area contributed by atoms with Crippen molar-refractivity contribution in [1.82, 2.24) is 10.6 Å². The predicted molar refractivity (Wildman–Crippen MR) is 46.7 cm³/mol. The summed E-state index contributed by atoms with van der Waals surface area (Å²) < 4.78 is 0. The van der Waals surface area contributed by atoms with Crippen molar-refractivity contribution < 1.29 is 9.90 Å². The zero-order chi connectivity index (χ0) is 7.90. The van der Waals surface area contributed by atoms with Gasteiger partial charge in [0.25, 0.3) is 0 Å². The molecule has 2 rings (SSSR count). The second kappa shape index (κ2) is 3.11. The van der Waals surface area contributed by atoms with Crippen LogP contribution in [-0.2, 0) is 0 Å². The van der Waals surface area contributed by atoms with E-state index in [1.165, 1.54) is 0 Å². The quantitative estimate of drug-likeness (QED) is 0.565. The number of nitrogens with one attached hydrogen (secondary N) is 2. The van der Waals surface area contributed by atoms with Crippen LogP contribution in [0, 0.1) is 5.41 Å². The molecule has 0 bridgehead atoms. The van der Waals surface area contributed by atoms with E-state index in [9.17, 15) is 4.79 Å². The molecule has 0 aromatic carbocycles. The highest BCUT2D eigenvalue weighted by molar-refractivity contribution is 5.85. The Kier molecular flexibility index (Phi) is 2.49. The monoisotopic (exact) mass is 192 g/mol. The van der Waals surface area contributed by atoms with Gasteiger partial charge in [-0.15, -0.1) is 12.4 Å². The van der Waals surface area contributed by atoms with Crippen molar-refractivity contribution in [3.05, 3.63) is 0 Å². The van der Waals surface area contributed by atoms with Gasteiger partial charge in [-0.25, -0.2) is 4.79 Å². The van der Waals surface area contributed by atoms with Gasteiger partial charge in [-0.1, -0.05) is 0 Å². The van der Waals surface area contributed by atoms with Gasteiger partial charge < -0.3 is 15.7 Å². The summed E-state index contributed by atoms with van der Waals surface area (Å²) in [5.74, 6) is 0. The topological polar surface area (TPSA) is 61.4 Å². The second-order valence-electron chi connectivity index (χ2n) is 3.66. The Bertz CT molecular complexity index is 186. The van der Waals surface area contributed by atoms with Crippen molar-refractivity contribution in [2.75, 3.05) is 13.1 Å². The minimum Gasteiger partial charge on any atom is -0.465 e. The van der Waals surface area contributed by atoms with Gasteiger partial charge >= 0.3 is 6.09 Å². The number of rotatable bonds is 1. The van der Waals surface area contributed by atoms with Crippen LogP contribution in [-0.4, -0.2) is 30.3 Å². The molecule has 12 heavy (non-hydrogen) atoms. The lowest BCUT2D eigenvalue weighted by Crippen LogP contribution is -2.65. The zero-order valence-corrected chi connectivity index (χ0v) is 7.49. The van der Waals surface area contributed by atoms with Gasteiger partial charge in [0.15, 0.2) is 0 Å². The maximum atomic E-state index is 10.2. The summed E-state index contributed by atoms with van der Waals surface area (Å²) in [6.07, 6.45) is 1.15. The smallest absolute Gasteiger partial charge is 0.404 e. The van der Waals surface area contributed by atoms with Crippen LogP contribution in [0.25, 0.3) is 0 Å². The molecule has 70 valence electrons. The molecule has 4 nitrogen and oxygen atoms in total. The summed E-state index contributed by atoms with van der Waals surface area (Å²) >= 11 is 0. The molecule has 1 saturated carbocycles. The fourth-order valence-corrected chi connectivity index (χ4v) is 2.03. The van der Waals surface area contributed by atoms with Crippen LogP contribution in [0.4, 0.5) is 4.79 Å². The molecule has 1 amide bonds. The molecule has 1 aliphatic carbocycles. The third-order valence-corrected chi connectivity index (χ3v) is 2.69. The molecule has 0 radical (unpaired) electrons. The lowest BCUT2D eigenvalue weighted by Gasteiger charge is -2.54. The summed E-state index contributed by atoms with van der Waals surface area (Å²) in [7, 11) is 0. The van der Waals surface area contributed by atoms with E-state index in [4.69, 9.17) is 5.11 Å². The molecule has 0 atom stereocenters. The lowest BCUT2D eigenvalue weighted by molar-refractivity contribution is 0.0249. The van der Waals surface area contributed by atoms with Crippen LogP contribution in [0.2, 0.25) is 0 Å². The van der Waals surface area contributed by atoms with Crippen molar-refractivity contribution in [2.24, 2.45) is 5.41 Å². The molecule has 1 heterocycles. The lowest BCUT2D eigenvalue weighted by atomic mass is 9.62. The third-order valence-electron chi connectivity index (χ3n) is 2.69. The largest absolute Gasteiger partial charge is 0.465 e. The summed E-state index contributed by atoms with van der Waals surface area (Å²) in [6, 6.07) is 0.217. The standard InChI is InChI=1S/C7H12N2O2.ClH/c10-6(11)9-5-1-7(2-5)3-8-4-7;/h5,8-9H,1-4H2,(H,10,11);1H. The summed E-state index contributed by atoms with van der Waals surface area (Å²) in [5.41, 5.74) is 0.465. The second-order valence-corrected chi connectivity index (χ2v) is 3.66. The minimum atomic E-state index is -0.892. The highest BCUT2D eigenvalue weighted by atomic mass is 35.5. The minimum absolute atomic E-state index is 0. The van der Waals surface area contributed by atoms with Crippen molar-refractivity contribution in [3.63, 3.8) is 0 Å². The number of halogens is 1. The Labute approximate surface area is 77.1 Å². The molecular formula is C7H13ClN2O2. The third kappa shape index (κ3) is 1.49. The van der Waals surface area contributed by atoms with Gasteiger partial charge in [-0.3, -0.25) is 0 Å². The van der Waals surface area contributed by atoms with Crippen LogP contribution >= 0.6 is 12.4 Å². The number of carbonyl (C=O) groups is 1. The number of hydrogen-bond acceptors (Lipinski definition) is 2. The first-order chi connectivity index (χ1) is 5.20. The van der Waals surface area contributed by atoms with Crippen molar-refractivity contribution in [2.45, 2.75) is 18.9 Å². The molecule has 1 saturated heterocycles. The fourth-order valence-electron chi connectivity index (χ4n) is 2.03. The van der Waals surface area contributed by atoms with Gasteiger partial charge in [0.2, 0.25) is 0 Å². The number of amides is 1. The molecular weight excluding hydrogens is 180 g/mol. The van der Waals surface area contributed by atoms with Gasteiger partial charge in [0.05, 0.1) is 0 Å². The van der Waals surface area contributed by atoms with Crippen LogP contribution in [0.1, 0.15) is 12.8 Å². The molecule has 1 aliphatic heterocycles. The normalized spacial score (nSPS) is 25.0. The Balaban J connectivity index is 0.000000720. The summed E-state index contributed by atoms with van der Waals surface area (Å²) in [6.45, 7) is 2.15. The molecule has 0 aromatic rings. The SMILES string of the molecule is Cl.O=C(O)NC1CC2(CNC2)C1. The molecule has 3 N–H and O–H groups in total. The average Bonchev–Trinajstić information content (AvgIpc) is 1.71. The van der Waals surface area contributed by atoms with Crippen LogP contribution in [0.5, 0.6) is 0 Å². The maximum Gasteiger partial charge on any atom is 0.404 e. The first-order valence-corrected chi connectivity index (χ1v) is 3.90. The van der Waals surface area contributed by atoms with E-state index >= 15 is 0 Å². The zero-order valence-electron chi connectivity index (χ0n) is 6.67. The Morgan fingerprint density at radius 1 is 1.50 bits per heavy atom. The van der Waals surface area contributed by atoms with Crippen molar-refractivity contribution in [3.8, 4) is 0 Å². The van der Waals surface area contributed by atoms with Gasteiger partial charge in [-0.05, 0) is 18.3 Å². The van der Waals surface area contributed by atoms with Crippen molar-refractivity contribution in [1.29, 1.82) is 0 Å². The Morgan fingerprint density at radius 3 is 2.42 bits per heavy atom. The van der Waals surface area contributed by atoms with Gasteiger partial charge in [0, 0.05) is 19.1 Å². The van der Waals surface area contributed by atoms with E-state index in [2.05, 4.69) is 10.6 Å². The number of hydrogen-bond donors (Lipinski definition) is 3. The van der Waals surface area contributed by atoms with Crippen LogP contribution < -0.4 is 10.6 Å². The Morgan fingerprint density at radius 2 is 2.08 bits per heavy atom. The van der Waals surface area contributed by atoms with E-state index in [0.717, 1.165) is 25.9 Å².